The van der Waals surface area contributed by atoms with Crippen LogP contribution < -0.4 is 10.1 Å². The second-order valence-electron chi connectivity index (χ2n) is 7.79. The first-order valence-electron chi connectivity index (χ1n) is 10.5. The molecule has 33 heavy (non-hydrogen) atoms. The fourth-order valence-corrected chi connectivity index (χ4v) is 3.95. The Hall–Kier alpha value is -3.34. The van der Waals surface area contributed by atoms with Crippen LogP contribution in [0.2, 0.25) is 5.02 Å². The first-order chi connectivity index (χ1) is 15.8. The lowest BCUT2D eigenvalue weighted by Crippen LogP contribution is -2.43. The van der Waals surface area contributed by atoms with Gasteiger partial charge in [0.1, 0.15) is 5.75 Å². The number of rotatable bonds is 8. The average Bonchev–Trinajstić information content (AvgIpc) is 3.26. The second-order valence-corrected chi connectivity index (χ2v) is 8.22. The molecule has 3 rings (SSSR count). The number of methoxy groups -OCH3 is 1. The van der Waals surface area contributed by atoms with Crippen molar-refractivity contribution in [2.24, 2.45) is 11.8 Å². The molecule has 1 aliphatic rings. The number of nitrogens with zero attached hydrogens (tertiary/aromatic N) is 4. The Morgan fingerprint density at radius 2 is 2.15 bits per heavy atom. The number of ether oxygens (including phenoxy) is 1. The van der Waals surface area contributed by atoms with E-state index in [0.717, 1.165) is 10.5 Å². The number of aromatic nitrogens is 4. The molecule has 1 aromatic carbocycles. The molecule has 11 nitrogen and oxygen atoms in total. The number of likely N-dealkylation sites (tertiary alicyclic amines) is 1. The van der Waals surface area contributed by atoms with Crippen LogP contribution in [0.4, 0.5) is 5.95 Å². The Kier molecular flexibility index (Phi) is 8.10. The lowest BCUT2D eigenvalue weighted by atomic mass is 9.93. The van der Waals surface area contributed by atoms with Gasteiger partial charge in [-0.15, -0.1) is 5.10 Å². The molecule has 1 saturated heterocycles. The van der Waals surface area contributed by atoms with Gasteiger partial charge in [-0.2, -0.15) is 5.21 Å². The summed E-state index contributed by atoms with van der Waals surface area (Å²) in [6.45, 7) is 1.45. The van der Waals surface area contributed by atoms with E-state index in [4.69, 9.17) is 16.3 Å². The van der Waals surface area contributed by atoms with Gasteiger partial charge in [-0.05, 0) is 48.2 Å². The number of hydrogen-bond donors (Lipinski definition) is 2. The van der Waals surface area contributed by atoms with Gasteiger partial charge in [-0.25, -0.2) is 0 Å². The summed E-state index contributed by atoms with van der Waals surface area (Å²) in [5.74, 6) is -2.46. The zero-order valence-corrected chi connectivity index (χ0v) is 19.1. The fourth-order valence-electron chi connectivity index (χ4n) is 3.76. The van der Waals surface area contributed by atoms with Crippen LogP contribution in [0.3, 0.4) is 0 Å². The highest BCUT2D eigenvalue weighted by molar-refractivity contribution is 6.30. The Morgan fingerprint density at radius 3 is 2.82 bits per heavy atom. The molecule has 2 N–H and O–H groups in total. The molecule has 1 fully saturated rings. The van der Waals surface area contributed by atoms with Crippen molar-refractivity contribution in [2.45, 2.75) is 39.0 Å². The normalized spacial score (nSPS) is 17.4. The Balaban J connectivity index is 1.74. The minimum absolute atomic E-state index is 0.0116. The first kappa shape index (κ1) is 24.3. The summed E-state index contributed by atoms with van der Waals surface area (Å²) in [6.07, 6.45) is 0.876. The number of anilines is 1. The largest absolute Gasteiger partial charge is 0.496 e. The topological polar surface area (TPSA) is 147 Å². The van der Waals surface area contributed by atoms with E-state index in [2.05, 4.69) is 25.9 Å². The number of amides is 3. The van der Waals surface area contributed by atoms with Crippen molar-refractivity contribution >= 4 is 41.1 Å². The first-order valence-corrected chi connectivity index (χ1v) is 10.9. The number of imide groups is 1. The second kappa shape index (κ2) is 11.0. The van der Waals surface area contributed by atoms with Crippen molar-refractivity contribution in [3.05, 3.63) is 28.8 Å². The Bertz CT molecular complexity index is 1030. The van der Waals surface area contributed by atoms with Crippen LogP contribution in [0.1, 0.15) is 38.2 Å². The molecule has 1 aromatic heterocycles. The number of ketones is 1. The summed E-state index contributed by atoms with van der Waals surface area (Å²) in [4.78, 5) is 52.1. The van der Waals surface area contributed by atoms with E-state index in [-0.39, 0.29) is 37.5 Å². The highest BCUT2D eigenvalue weighted by atomic mass is 35.5. The molecule has 0 aliphatic carbocycles. The van der Waals surface area contributed by atoms with Crippen LogP contribution in [0, 0.1) is 11.8 Å². The number of benzene rings is 1. The summed E-state index contributed by atoms with van der Waals surface area (Å²) < 4.78 is 5.36. The van der Waals surface area contributed by atoms with E-state index in [1.165, 1.54) is 7.11 Å². The van der Waals surface area contributed by atoms with Crippen LogP contribution in [0.15, 0.2) is 18.2 Å². The molecular formula is C21H25ClN6O5. The number of Topliss-reactive ketones (excluding diaryl/α,β-unsaturated/α-hetero) is 1. The molecule has 1 unspecified atom stereocenters. The van der Waals surface area contributed by atoms with Gasteiger partial charge >= 0.3 is 0 Å². The molecule has 1 aliphatic heterocycles. The summed E-state index contributed by atoms with van der Waals surface area (Å²) in [5.41, 5.74) is 0.719. The number of aromatic amines is 1. The van der Waals surface area contributed by atoms with Crippen molar-refractivity contribution in [3.63, 3.8) is 0 Å². The van der Waals surface area contributed by atoms with Gasteiger partial charge in [-0.1, -0.05) is 23.6 Å². The molecule has 2 atom stereocenters. The van der Waals surface area contributed by atoms with Crippen LogP contribution in [0.25, 0.3) is 0 Å². The van der Waals surface area contributed by atoms with E-state index in [1.54, 1.807) is 25.1 Å². The van der Waals surface area contributed by atoms with Crippen molar-refractivity contribution in [3.8, 4) is 5.75 Å². The maximum absolute atomic E-state index is 13.3. The number of carbonyl (C=O) groups excluding carboxylic acids is 4. The monoisotopic (exact) mass is 476 g/mol. The smallest absolute Gasteiger partial charge is 0.269 e. The summed E-state index contributed by atoms with van der Waals surface area (Å²) in [7, 11) is 1.52. The van der Waals surface area contributed by atoms with Gasteiger partial charge in [0.15, 0.2) is 5.78 Å². The molecule has 0 radical (unpaired) electrons. The third-order valence-electron chi connectivity index (χ3n) is 5.60. The highest BCUT2D eigenvalue weighted by Gasteiger charge is 2.35. The lowest BCUT2D eigenvalue weighted by molar-refractivity contribution is -0.149. The fraction of sp³-hybridized carbons (Fsp3) is 0.476. The molecule has 0 spiro atoms. The molecule has 3 amide bonds. The van der Waals surface area contributed by atoms with Crippen molar-refractivity contribution in [2.75, 3.05) is 19.0 Å². The SMILES string of the molecule is CC[C@@H](CC(=O)N1CC(=O)CCC(Cc2cc(Cl)ccc2OC)C1=O)C(=O)Nc1nn[nH]n1. The van der Waals surface area contributed by atoms with Crippen LogP contribution in [0.5, 0.6) is 5.75 Å². The van der Waals surface area contributed by atoms with E-state index >= 15 is 0 Å². The van der Waals surface area contributed by atoms with Gasteiger partial charge in [0, 0.05) is 29.7 Å². The highest BCUT2D eigenvalue weighted by Crippen LogP contribution is 2.29. The maximum atomic E-state index is 13.3. The molecule has 2 heterocycles. The van der Waals surface area contributed by atoms with Crippen LogP contribution in [-0.4, -0.2) is 62.7 Å². The van der Waals surface area contributed by atoms with Crippen molar-refractivity contribution < 1.29 is 23.9 Å². The number of hydrogen-bond acceptors (Lipinski definition) is 8. The number of halogens is 1. The quantitative estimate of drug-likeness (QED) is 0.586. The third kappa shape index (κ3) is 6.13. The van der Waals surface area contributed by atoms with Crippen molar-refractivity contribution in [1.82, 2.24) is 25.5 Å². The number of tetrazole rings is 1. The van der Waals surface area contributed by atoms with E-state index < -0.39 is 29.6 Å². The number of carbonyl (C=O) groups is 4. The predicted octanol–water partition coefficient (Wildman–Crippen LogP) is 1.79. The van der Waals surface area contributed by atoms with Crippen LogP contribution >= 0.6 is 11.6 Å². The molecule has 0 saturated carbocycles. The third-order valence-corrected chi connectivity index (χ3v) is 5.83. The van der Waals surface area contributed by atoms with Gasteiger partial charge in [0.05, 0.1) is 13.7 Å². The minimum atomic E-state index is -0.728. The standard InChI is InChI=1S/C21H25ClN6O5/c1-3-12(19(31)23-21-24-26-27-25-21)10-18(30)28-11-16(29)6-4-13(20(28)32)8-14-9-15(22)5-7-17(14)33-2/h5,7,9,12-13H,3-4,6,8,10-11H2,1-2H3,(H2,23,24,25,26,27,31)/t12-,13?/m0/s1. The zero-order valence-electron chi connectivity index (χ0n) is 18.3. The molecular weight excluding hydrogens is 452 g/mol. The Morgan fingerprint density at radius 1 is 1.36 bits per heavy atom. The number of nitrogens with one attached hydrogen (secondary N) is 2. The van der Waals surface area contributed by atoms with Gasteiger partial charge in [0.25, 0.3) is 5.95 Å². The molecule has 176 valence electrons. The Labute approximate surface area is 195 Å². The molecule has 0 bridgehead atoms. The van der Waals surface area contributed by atoms with E-state index in [1.807, 2.05) is 0 Å². The molecule has 12 heteroatoms. The summed E-state index contributed by atoms with van der Waals surface area (Å²) in [6, 6.07) is 5.10. The summed E-state index contributed by atoms with van der Waals surface area (Å²) >= 11 is 6.10. The minimum Gasteiger partial charge on any atom is -0.496 e. The zero-order chi connectivity index (χ0) is 24.0. The maximum Gasteiger partial charge on any atom is 0.269 e. The lowest BCUT2D eigenvalue weighted by Gasteiger charge is -2.24. The van der Waals surface area contributed by atoms with Gasteiger partial charge < -0.3 is 4.74 Å². The van der Waals surface area contributed by atoms with Crippen molar-refractivity contribution in [1.29, 1.82) is 0 Å². The predicted molar refractivity (Wildman–Crippen MR) is 117 cm³/mol. The average molecular weight is 477 g/mol. The summed E-state index contributed by atoms with van der Waals surface area (Å²) in [5, 5.41) is 15.8. The van der Waals surface area contributed by atoms with Crippen LogP contribution in [-0.2, 0) is 25.6 Å². The molecule has 2 aromatic rings. The van der Waals surface area contributed by atoms with E-state index in [0.29, 0.717) is 23.6 Å². The van der Waals surface area contributed by atoms with Gasteiger partial charge in [-0.3, -0.25) is 29.4 Å². The van der Waals surface area contributed by atoms with E-state index in [9.17, 15) is 19.2 Å². The number of H-pyrrole nitrogens is 1. The van der Waals surface area contributed by atoms with Gasteiger partial charge in [0.2, 0.25) is 17.7 Å².